The van der Waals surface area contributed by atoms with Gasteiger partial charge in [-0.2, -0.15) is 0 Å². The Labute approximate surface area is 135 Å². The zero-order valence-corrected chi connectivity index (χ0v) is 13.4. The Balaban J connectivity index is 1.68. The fourth-order valence-electron chi connectivity index (χ4n) is 4.84. The summed E-state index contributed by atoms with van der Waals surface area (Å²) in [5.74, 6) is 1.43. The molecule has 0 spiro atoms. The Morgan fingerprint density at radius 2 is 2.22 bits per heavy atom. The van der Waals surface area contributed by atoms with E-state index in [1.165, 1.54) is 22.2 Å². The van der Waals surface area contributed by atoms with E-state index in [0.717, 1.165) is 30.7 Å². The average Bonchev–Trinajstić information content (AvgIpc) is 2.95. The van der Waals surface area contributed by atoms with Gasteiger partial charge in [-0.25, -0.2) is 0 Å². The lowest BCUT2D eigenvalue weighted by Gasteiger charge is -2.53. The third-order valence-corrected chi connectivity index (χ3v) is 5.99. The molecule has 4 bridgehead atoms. The van der Waals surface area contributed by atoms with Gasteiger partial charge in [-0.15, -0.1) is 0 Å². The molecule has 1 unspecified atom stereocenters. The van der Waals surface area contributed by atoms with Crippen molar-refractivity contribution in [2.45, 2.75) is 31.8 Å². The van der Waals surface area contributed by atoms with Crippen molar-refractivity contribution in [3.8, 4) is 5.75 Å². The SMILES string of the molecule is C/C=C1/CN2[C@H]3Cc4c([nH]c5cc(OC)ccc45)[C@@H]2C[C@@H]1C3=O. The summed E-state index contributed by atoms with van der Waals surface area (Å²) >= 11 is 0. The van der Waals surface area contributed by atoms with E-state index in [-0.39, 0.29) is 12.0 Å². The minimum absolute atomic E-state index is 0.0658. The van der Waals surface area contributed by atoms with Gasteiger partial charge >= 0.3 is 0 Å². The molecule has 1 N–H and O–H groups in total. The van der Waals surface area contributed by atoms with E-state index < -0.39 is 0 Å². The third-order valence-electron chi connectivity index (χ3n) is 5.99. The summed E-state index contributed by atoms with van der Waals surface area (Å²) in [5.41, 5.74) is 5.09. The highest BCUT2D eigenvalue weighted by atomic mass is 16.5. The second-order valence-electron chi connectivity index (χ2n) is 6.89. The summed E-state index contributed by atoms with van der Waals surface area (Å²) in [5, 5.41) is 1.24. The molecule has 4 aliphatic rings. The van der Waals surface area contributed by atoms with E-state index >= 15 is 0 Å². The highest BCUT2D eigenvalue weighted by Crippen LogP contribution is 2.50. The van der Waals surface area contributed by atoms with Gasteiger partial charge in [0.15, 0.2) is 5.78 Å². The van der Waals surface area contributed by atoms with Crippen LogP contribution in [0, 0.1) is 5.92 Å². The van der Waals surface area contributed by atoms with Crippen LogP contribution in [0.3, 0.4) is 0 Å². The summed E-state index contributed by atoms with van der Waals surface area (Å²) in [7, 11) is 1.69. The van der Waals surface area contributed by atoms with E-state index in [0.29, 0.717) is 11.8 Å². The molecule has 0 saturated carbocycles. The number of aromatic amines is 1. The van der Waals surface area contributed by atoms with Crippen LogP contribution in [0.25, 0.3) is 10.9 Å². The molecule has 1 aromatic heterocycles. The number of Topliss-reactive ketones (excluding diaryl/α,β-unsaturated/α-hetero) is 1. The maximum absolute atomic E-state index is 12.8. The fourth-order valence-corrected chi connectivity index (χ4v) is 4.84. The number of nitrogens with zero attached hydrogens (tertiary/aromatic N) is 1. The highest BCUT2D eigenvalue weighted by molar-refractivity contribution is 5.94. The standard InChI is InChI=1S/C19H20N2O2/c1-3-10-9-21-16-7-13(10)19(22)17(21)8-14-12-5-4-11(23-2)6-15(12)20-18(14)16/h3-6,13,16-17,20H,7-9H2,1-2H3/b10-3-/t13-,16-,17-/m0/s1. The average molecular weight is 308 g/mol. The number of benzene rings is 1. The first-order valence-corrected chi connectivity index (χ1v) is 8.34. The first-order valence-electron chi connectivity index (χ1n) is 8.34. The molecule has 0 amide bonds. The number of methoxy groups -OCH3 is 1. The van der Waals surface area contributed by atoms with Crippen molar-refractivity contribution in [2.75, 3.05) is 13.7 Å². The molecule has 23 heavy (non-hydrogen) atoms. The lowest BCUT2D eigenvalue weighted by molar-refractivity contribution is -0.137. The zero-order chi connectivity index (χ0) is 15.7. The van der Waals surface area contributed by atoms with E-state index in [4.69, 9.17) is 4.74 Å². The van der Waals surface area contributed by atoms with Gasteiger partial charge < -0.3 is 9.72 Å². The van der Waals surface area contributed by atoms with Crippen LogP contribution in [0.1, 0.15) is 30.6 Å². The number of rotatable bonds is 1. The molecule has 5 heterocycles. The van der Waals surface area contributed by atoms with Crippen molar-refractivity contribution in [2.24, 2.45) is 5.92 Å². The molecule has 3 saturated heterocycles. The smallest absolute Gasteiger partial charge is 0.157 e. The van der Waals surface area contributed by atoms with Gasteiger partial charge in [0.1, 0.15) is 5.75 Å². The van der Waals surface area contributed by atoms with Gasteiger partial charge in [0.2, 0.25) is 0 Å². The first-order chi connectivity index (χ1) is 11.2. The van der Waals surface area contributed by atoms with Crippen LogP contribution in [0.4, 0.5) is 0 Å². The van der Waals surface area contributed by atoms with Crippen LogP contribution in [0.5, 0.6) is 5.75 Å². The number of piperidine rings is 3. The van der Waals surface area contributed by atoms with Crippen molar-refractivity contribution >= 4 is 16.7 Å². The van der Waals surface area contributed by atoms with Crippen LogP contribution in [0.2, 0.25) is 0 Å². The van der Waals surface area contributed by atoms with E-state index in [1.807, 2.05) is 6.07 Å². The van der Waals surface area contributed by atoms with Gasteiger partial charge in [-0.3, -0.25) is 9.69 Å². The second-order valence-corrected chi connectivity index (χ2v) is 6.89. The van der Waals surface area contributed by atoms with Crippen LogP contribution in [-0.2, 0) is 11.2 Å². The molecule has 4 atom stereocenters. The molecule has 118 valence electrons. The maximum atomic E-state index is 12.8. The van der Waals surface area contributed by atoms with Gasteiger partial charge in [0, 0.05) is 35.1 Å². The molecule has 2 aromatic rings. The van der Waals surface area contributed by atoms with Gasteiger partial charge in [0.25, 0.3) is 0 Å². The lowest BCUT2D eigenvalue weighted by atomic mass is 9.69. The number of hydrogen-bond acceptors (Lipinski definition) is 3. The topological polar surface area (TPSA) is 45.3 Å². The number of hydrogen-bond donors (Lipinski definition) is 1. The number of ether oxygens (including phenoxy) is 1. The number of carbonyl (C=O) groups excluding carboxylic acids is 1. The highest BCUT2D eigenvalue weighted by Gasteiger charge is 2.52. The Morgan fingerprint density at radius 3 is 3.00 bits per heavy atom. The minimum atomic E-state index is 0.0658. The maximum Gasteiger partial charge on any atom is 0.157 e. The number of fused-ring (bicyclic) bond motifs is 4. The summed E-state index contributed by atoms with van der Waals surface area (Å²) < 4.78 is 5.34. The predicted molar refractivity (Wildman–Crippen MR) is 88.7 cm³/mol. The van der Waals surface area contributed by atoms with Crippen molar-refractivity contribution in [3.05, 3.63) is 41.1 Å². The molecular weight excluding hydrogens is 288 g/mol. The van der Waals surface area contributed by atoms with Gasteiger partial charge in [-0.05, 0) is 43.0 Å². The van der Waals surface area contributed by atoms with Crippen molar-refractivity contribution < 1.29 is 9.53 Å². The number of ketones is 1. The second kappa shape index (κ2) is 4.48. The Hall–Kier alpha value is -2.07. The predicted octanol–water partition coefficient (Wildman–Crippen LogP) is 2.99. The molecular formula is C19H20N2O2. The van der Waals surface area contributed by atoms with Crippen molar-refractivity contribution in [1.29, 1.82) is 0 Å². The number of nitrogens with one attached hydrogen (secondary N) is 1. The zero-order valence-electron chi connectivity index (χ0n) is 13.4. The third kappa shape index (κ3) is 1.62. The molecule has 4 nitrogen and oxygen atoms in total. The van der Waals surface area contributed by atoms with E-state index in [1.54, 1.807) is 7.11 Å². The van der Waals surface area contributed by atoms with Gasteiger partial charge in [0.05, 0.1) is 19.2 Å². The monoisotopic (exact) mass is 308 g/mol. The molecule has 4 heteroatoms. The van der Waals surface area contributed by atoms with Crippen molar-refractivity contribution in [3.63, 3.8) is 0 Å². The van der Waals surface area contributed by atoms with Crippen molar-refractivity contribution in [1.82, 2.24) is 9.88 Å². The number of aromatic nitrogens is 1. The first kappa shape index (κ1) is 13.4. The van der Waals surface area contributed by atoms with Gasteiger partial charge in [-0.1, -0.05) is 6.08 Å². The summed E-state index contributed by atoms with van der Waals surface area (Å²) in [4.78, 5) is 18.9. The van der Waals surface area contributed by atoms with Crippen LogP contribution in [-0.4, -0.2) is 35.4 Å². The lowest BCUT2D eigenvalue weighted by Crippen LogP contribution is -2.60. The Kier molecular flexibility index (Phi) is 2.61. The van der Waals surface area contributed by atoms with Crippen LogP contribution < -0.4 is 4.74 Å². The normalized spacial score (nSPS) is 33.3. The largest absolute Gasteiger partial charge is 0.497 e. The number of carbonyl (C=O) groups is 1. The van der Waals surface area contributed by atoms with E-state index in [9.17, 15) is 4.79 Å². The van der Waals surface area contributed by atoms with Crippen LogP contribution in [0.15, 0.2) is 29.8 Å². The van der Waals surface area contributed by atoms with E-state index in [2.05, 4.69) is 35.0 Å². The molecule has 6 rings (SSSR count). The summed E-state index contributed by atoms with van der Waals surface area (Å²) in [6, 6.07) is 6.61. The summed E-state index contributed by atoms with van der Waals surface area (Å²) in [6.07, 6.45) is 3.90. The molecule has 1 aromatic carbocycles. The quantitative estimate of drug-likeness (QED) is 0.824. The molecule has 4 aliphatic heterocycles. The Morgan fingerprint density at radius 1 is 1.35 bits per heavy atom. The molecule has 0 aliphatic carbocycles. The number of allylic oxidation sites excluding steroid dienone is 1. The minimum Gasteiger partial charge on any atom is -0.497 e. The molecule has 3 fully saturated rings. The van der Waals surface area contributed by atoms with Crippen LogP contribution >= 0.6 is 0 Å². The number of H-pyrrole nitrogens is 1. The Bertz CT molecular complexity index is 864. The fraction of sp³-hybridized carbons (Fsp3) is 0.421. The summed E-state index contributed by atoms with van der Waals surface area (Å²) in [6.45, 7) is 3.00. The molecule has 0 radical (unpaired) electrons.